The second-order valence-corrected chi connectivity index (χ2v) is 3.41. The third-order valence-corrected chi connectivity index (χ3v) is 2.63. The van der Waals surface area contributed by atoms with Gasteiger partial charge in [-0.3, -0.25) is 0 Å². The van der Waals surface area contributed by atoms with Gasteiger partial charge in [-0.2, -0.15) is 0 Å². The fourth-order valence-electron chi connectivity index (χ4n) is 1.81. The van der Waals surface area contributed by atoms with Gasteiger partial charge in [-0.1, -0.05) is 36.8 Å². The van der Waals surface area contributed by atoms with Crippen molar-refractivity contribution in [2.75, 3.05) is 6.54 Å². The molecule has 0 fully saturated rings. The molecule has 0 spiro atoms. The summed E-state index contributed by atoms with van der Waals surface area (Å²) in [7, 11) is 0. The van der Waals surface area contributed by atoms with Crippen molar-refractivity contribution >= 4 is 0 Å². The molecule has 1 nitrogen and oxygen atoms in total. The Kier molecular flexibility index (Phi) is 2.13. The highest BCUT2D eigenvalue weighted by molar-refractivity contribution is 5.37. The number of nitrogens with one attached hydrogen (secondary N) is 1. The van der Waals surface area contributed by atoms with Crippen molar-refractivity contribution in [3.8, 4) is 0 Å². The lowest BCUT2D eigenvalue weighted by molar-refractivity contribution is 0.584. The van der Waals surface area contributed by atoms with Crippen LogP contribution in [0.3, 0.4) is 0 Å². The van der Waals surface area contributed by atoms with Crippen LogP contribution in [0.1, 0.15) is 19.8 Å². The van der Waals surface area contributed by atoms with E-state index in [1.165, 1.54) is 18.4 Å². The Labute approximate surface area is 73.9 Å². The molecule has 1 unspecified atom stereocenters. The monoisotopic (exact) mass is 161 g/mol. The molecule has 2 aliphatic rings. The summed E-state index contributed by atoms with van der Waals surface area (Å²) in [5.74, 6) is 0. The average Bonchev–Trinajstić information content (AvgIpc) is 2.17. The molecule has 0 aromatic carbocycles. The van der Waals surface area contributed by atoms with E-state index in [-0.39, 0.29) is 0 Å². The molecule has 2 rings (SSSR count). The van der Waals surface area contributed by atoms with Crippen molar-refractivity contribution in [1.29, 1.82) is 0 Å². The lowest BCUT2D eigenvalue weighted by Gasteiger charge is -2.26. The molecular formula is C11H15N. The molecule has 1 N–H and O–H groups in total. The van der Waals surface area contributed by atoms with E-state index in [4.69, 9.17) is 0 Å². The van der Waals surface area contributed by atoms with Gasteiger partial charge in [0, 0.05) is 12.6 Å². The van der Waals surface area contributed by atoms with Gasteiger partial charge in [0.05, 0.1) is 0 Å². The SMILES string of the molecule is CCC1=CC=C2C=CCNC2C1. The average molecular weight is 161 g/mol. The molecule has 12 heavy (non-hydrogen) atoms. The topological polar surface area (TPSA) is 12.0 Å². The van der Waals surface area contributed by atoms with Crippen molar-refractivity contribution in [2.45, 2.75) is 25.8 Å². The fraction of sp³-hybridized carbons (Fsp3) is 0.455. The normalized spacial score (nSPS) is 27.6. The Morgan fingerprint density at radius 1 is 1.50 bits per heavy atom. The summed E-state index contributed by atoms with van der Waals surface area (Å²) in [4.78, 5) is 0. The van der Waals surface area contributed by atoms with E-state index in [1.807, 2.05) is 0 Å². The van der Waals surface area contributed by atoms with E-state index in [9.17, 15) is 0 Å². The minimum atomic E-state index is 0.593. The highest BCUT2D eigenvalue weighted by Crippen LogP contribution is 2.23. The van der Waals surface area contributed by atoms with Gasteiger partial charge in [-0.15, -0.1) is 0 Å². The Balaban J connectivity index is 2.21. The Morgan fingerprint density at radius 3 is 3.25 bits per heavy atom. The molecule has 0 aromatic heterocycles. The van der Waals surface area contributed by atoms with Crippen LogP contribution in [0.25, 0.3) is 0 Å². The number of hydrogen-bond acceptors (Lipinski definition) is 1. The summed E-state index contributed by atoms with van der Waals surface area (Å²) in [5, 5.41) is 3.49. The maximum atomic E-state index is 3.49. The zero-order chi connectivity index (χ0) is 8.39. The fourth-order valence-corrected chi connectivity index (χ4v) is 1.81. The van der Waals surface area contributed by atoms with Crippen molar-refractivity contribution in [2.24, 2.45) is 0 Å². The van der Waals surface area contributed by atoms with Gasteiger partial charge in [0.1, 0.15) is 0 Å². The van der Waals surface area contributed by atoms with E-state index in [2.05, 4.69) is 36.5 Å². The first-order valence-corrected chi connectivity index (χ1v) is 4.69. The lowest BCUT2D eigenvalue weighted by atomic mass is 9.90. The third kappa shape index (κ3) is 1.37. The summed E-state index contributed by atoms with van der Waals surface area (Å²) in [5.41, 5.74) is 3.00. The van der Waals surface area contributed by atoms with Crippen LogP contribution in [0.2, 0.25) is 0 Å². The maximum absolute atomic E-state index is 3.49. The van der Waals surface area contributed by atoms with Crippen LogP contribution >= 0.6 is 0 Å². The highest BCUT2D eigenvalue weighted by Gasteiger charge is 2.17. The van der Waals surface area contributed by atoms with E-state index < -0.39 is 0 Å². The van der Waals surface area contributed by atoms with E-state index in [1.54, 1.807) is 5.57 Å². The molecule has 0 amide bonds. The van der Waals surface area contributed by atoms with Crippen LogP contribution in [0.15, 0.2) is 35.5 Å². The van der Waals surface area contributed by atoms with Crippen LogP contribution in [0.4, 0.5) is 0 Å². The summed E-state index contributed by atoms with van der Waals surface area (Å²) in [6, 6.07) is 0.593. The summed E-state index contributed by atoms with van der Waals surface area (Å²) >= 11 is 0. The molecule has 1 atom stereocenters. The van der Waals surface area contributed by atoms with Gasteiger partial charge >= 0.3 is 0 Å². The van der Waals surface area contributed by atoms with Gasteiger partial charge in [-0.05, 0) is 18.4 Å². The van der Waals surface area contributed by atoms with Gasteiger partial charge in [0.25, 0.3) is 0 Å². The summed E-state index contributed by atoms with van der Waals surface area (Å²) in [6.45, 7) is 3.25. The van der Waals surface area contributed by atoms with Crippen molar-refractivity contribution in [3.63, 3.8) is 0 Å². The first-order chi connectivity index (χ1) is 5.90. The first kappa shape index (κ1) is 7.81. The highest BCUT2D eigenvalue weighted by atomic mass is 14.9. The molecule has 0 radical (unpaired) electrons. The number of rotatable bonds is 1. The van der Waals surface area contributed by atoms with Crippen LogP contribution in [-0.2, 0) is 0 Å². The zero-order valence-corrected chi connectivity index (χ0v) is 7.51. The maximum Gasteiger partial charge on any atom is 0.0360 e. The smallest absolute Gasteiger partial charge is 0.0360 e. The number of allylic oxidation sites excluding steroid dienone is 2. The largest absolute Gasteiger partial charge is 0.306 e. The minimum Gasteiger partial charge on any atom is -0.306 e. The molecule has 1 heterocycles. The Hall–Kier alpha value is -0.820. The third-order valence-electron chi connectivity index (χ3n) is 2.63. The van der Waals surface area contributed by atoms with E-state index in [0.29, 0.717) is 6.04 Å². The first-order valence-electron chi connectivity index (χ1n) is 4.69. The molecule has 0 saturated carbocycles. The number of hydrogen-bond donors (Lipinski definition) is 1. The van der Waals surface area contributed by atoms with Gasteiger partial charge in [-0.25, -0.2) is 0 Å². The van der Waals surface area contributed by atoms with Gasteiger partial charge in [0.2, 0.25) is 0 Å². The second-order valence-electron chi connectivity index (χ2n) is 3.41. The predicted molar refractivity (Wildman–Crippen MR) is 52.0 cm³/mol. The van der Waals surface area contributed by atoms with Gasteiger partial charge < -0.3 is 5.32 Å². The van der Waals surface area contributed by atoms with Crippen molar-refractivity contribution in [3.05, 3.63) is 35.5 Å². The quantitative estimate of drug-likeness (QED) is 0.621. The Bertz CT molecular complexity index is 258. The standard InChI is InChI=1S/C11H15N/c1-2-9-5-6-10-4-3-7-12-11(10)8-9/h3-6,11-12H,2,7-8H2,1H3. The lowest BCUT2D eigenvalue weighted by Crippen LogP contribution is -2.34. The summed E-state index contributed by atoms with van der Waals surface area (Å²) < 4.78 is 0. The molecule has 0 saturated heterocycles. The van der Waals surface area contributed by atoms with E-state index >= 15 is 0 Å². The van der Waals surface area contributed by atoms with Crippen LogP contribution in [0.5, 0.6) is 0 Å². The molecular weight excluding hydrogens is 146 g/mol. The van der Waals surface area contributed by atoms with Crippen molar-refractivity contribution in [1.82, 2.24) is 5.32 Å². The van der Waals surface area contributed by atoms with Crippen LogP contribution in [0, 0.1) is 0 Å². The number of fused-ring (bicyclic) bond motifs is 1. The molecule has 0 bridgehead atoms. The Morgan fingerprint density at radius 2 is 2.42 bits per heavy atom. The van der Waals surface area contributed by atoms with Crippen LogP contribution in [-0.4, -0.2) is 12.6 Å². The second kappa shape index (κ2) is 3.28. The van der Waals surface area contributed by atoms with Gasteiger partial charge in [0.15, 0.2) is 0 Å². The molecule has 1 aliphatic heterocycles. The van der Waals surface area contributed by atoms with Crippen LogP contribution < -0.4 is 5.32 Å². The van der Waals surface area contributed by atoms with Crippen molar-refractivity contribution < 1.29 is 0 Å². The zero-order valence-electron chi connectivity index (χ0n) is 7.51. The van der Waals surface area contributed by atoms with E-state index in [0.717, 1.165) is 6.54 Å². The predicted octanol–water partition coefficient (Wildman–Crippen LogP) is 2.18. The molecule has 1 heteroatoms. The minimum absolute atomic E-state index is 0.593. The molecule has 1 aliphatic carbocycles. The molecule has 0 aromatic rings. The molecule has 64 valence electrons. The summed E-state index contributed by atoms with van der Waals surface area (Å²) in [6.07, 6.45) is 11.3.